The zero-order valence-electron chi connectivity index (χ0n) is 16.1. The number of alkyl halides is 3. The predicted octanol–water partition coefficient (Wildman–Crippen LogP) is 5.34. The highest BCUT2D eigenvalue weighted by Crippen LogP contribution is 2.32. The molecule has 0 aliphatic rings. The number of carbonyl (C=O) groups is 1. The molecule has 0 spiro atoms. The molecule has 158 valence electrons. The van der Waals surface area contributed by atoms with Crippen molar-refractivity contribution in [3.8, 4) is 0 Å². The predicted molar refractivity (Wildman–Crippen MR) is 112 cm³/mol. The van der Waals surface area contributed by atoms with Crippen molar-refractivity contribution in [3.63, 3.8) is 0 Å². The van der Waals surface area contributed by atoms with Gasteiger partial charge in [0, 0.05) is 16.9 Å². The van der Waals surface area contributed by atoms with E-state index in [4.69, 9.17) is 11.6 Å². The van der Waals surface area contributed by atoms with Gasteiger partial charge in [-0.2, -0.15) is 13.2 Å². The van der Waals surface area contributed by atoms with Crippen molar-refractivity contribution in [1.29, 1.82) is 0 Å². The van der Waals surface area contributed by atoms with Crippen molar-refractivity contribution >= 4 is 34.2 Å². The van der Waals surface area contributed by atoms with Crippen LogP contribution < -0.4 is 4.90 Å². The third-order valence-corrected chi connectivity index (χ3v) is 4.94. The van der Waals surface area contributed by atoms with Crippen molar-refractivity contribution in [2.45, 2.75) is 19.3 Å². The van der Waals surface area contributed by atoms with Crippen molar-refractivity contribution in [2.75, 3.05) is 4.90 Å². The fourth-order valence-corrected chi connectivity index (χ4v) is 3.40. The number of rotatable bonds is 5. The molecule has 0 fully saturated rings. The van der Waals surface area contributed by atoms with Gasteiger partial charge in [0.15, 0.2) is 0 Å². The van der Waals surface area contributed by atoms with Crippen LogP contribution in [0.3, 0.4) is 0 Å². The van der Waals surface area contributed by atoms with Crippen molar-refractivity contribution < 1.29 is 18.0 Å². The highest BCUT2D eigenvalue weighted by Gasteiger charge is 2.38. The number of carbonyl (C=O) groups excluding carboxylic acids is 1. The van der Waals surface area contributed by atoms with Gasteiger partial charge in [-0.1, -0.05) is 29.8 Å². The summed E-state index contributed by atoms with van der Waals surface area (Å²) in [7, 11) is 0. The van der Waals surface area contributed by atoms with E-state index in [1.165, 1.54) is 17.0 Å². The molecule has 4 rings (SSSR count). The van der Waals surface area contributed by atoms with Gasteiger partial charge in [-0.15, -0.1) is 0 Å². The maximum atomic E-state index is 13.6. The van der Waals surface area contributed by atoms with Gasteiger partial charge in [-0.3, -0.25) is 9.78 Å². The molecule has 9 heteroatoms. The van der Waals surface area contributed by atoms with Gasteiger partial charge in [0.25, 0.3) is 0 Å². The van der Waals surface area contributed by atoms with Crippen molar-refractivity contribution in [1.82, 2.24) is 14.5 Å². The maximum absolute atomic E-state index is 13.6. The summed E-state index contributed by atoms with van der Waals surface area (Å²) < 4.78 is 41.8. The molecule has 0 bridgehead atoms. The van der Waals surface area contributed by atoms with Crippen LogP contribution in [0.25, 0.3) is 11.0 Å². The van der Waals surface area contributed by atoms with Crippen LogP contribution in [0.15, 0.2) is 72.9 Å². The zero-order chi connectivity index (χ0) is 22.0. The number of benzene rings is 2. The van der Waals surface area contributed by atoms with Crippen LogP contribution in [0.2, 0.25) is 5.02 Å². The standard InChI is InChI=1S/C22H16ClF3N4O/c23-15-8-10-17(11-9-15)29(13-16-5-3-4-12-27-16)20(31)14-30-19-7-2-1-6-18(19)28-21(30)22(24,25)26/h1-12H,13-14H2. The van der Waals surface area contributed by atoms with Crippen molar-refractivity contribution in [2.24, 2.45) is 0 Å². The Morgan fingerprint density at radius 3 is 2.39 bits per heavy atom. The van der Waals surface area contributed by atoms with Gasteiger partial charge >= 0.3 is 6.18 Å². The topological polar surface area (TPSA) is 51.0 Å². The molecular weight excluding hydrogens is 429 g/mol. The summed E-state index contributed by atoms with van der Waals surface area (Å²) >= 11 is 5.95. The summed E-state index contributed by atoms with van der Waals surface area (Å²) in [5, 5.41) is 0.481. The molecule has 2 heterocycles. The number of halogens is 4. The number of nitrogens with zero attached hydrogens (tertiary/aromatic N) is 4. The number of hydrogen-bond donors (Lipinski definition) is 0. The summed E-state index contributed by atoms with van der Waals surface area (Å²) in [4.78, 5) is 22.6. The lowest BCUT2D eigenvalue weighted by molar-refractivity contribution is -0.147. The molecule has 0 saturated heterocycles. The SMILES string of the molecule is O=C(Cn1c(C(F)(F)F)nc2ccccc21)N(Cc1ccccn1)c1ccc(Cl)cc1. The summed E-state index contributed by atoms with van der Waals surface area (Å²) in [6, 6.07) is 18.0. The number of anilines is 1. The first-order chi connectivity index (χ1) is 14.8. The van der Waals surface area contributed by atoms with E-state index in [1.807, 2.05) is 0 Å². The Balaban J connectivity index is 1.73. The fraction of sp³-hybridized carbons (Fsp3) is 0.136. The molecule has 0 radical (unpaired) electrons. The molecule has 0 aliphatic carbocycles. The van der Waals surface area contributed by atoms with Gasteiger partial charge in [0.1, 0.15) is 6.54 Å². The van der Waals surface area contributed by atoms with Gasteiger partial charge < -0.3 is 9.47 Å². The number of imidazole rings is 1. The molecule has 0 unspecified atom stereocenters. The molecule has 2 aromatic heterocycles. The Kier molecular flexibility index (Phi) is 5.65. The molecular formula is C22H16ClF3N4O. The number of pyridine rings is 1. The van der Waals surface area contributed by atoms with Crippen LogP contribution in [-0.4, -0.2) is 20.4 Å². The second kappa shape index (κ2) is 8.39. The van der Waals surface area contributed by atoms with E-state index in [9.17, 15) is 18.0 Å². The van der Waals surface area contributed by atoms with Crippen LogP contribution in [0.4, 0.5) is 18.9 Å². The first-order valence-electron chi connectivity index (χ1n) is 9.31. The normalized spacial score (nSPS) is 11.6. The van der Waals surface area contributed by atoms with Crippen molar-refractivity contribution in [3.05, 3.63) is 89.5 Å². The van der Waals surface area contributed by atoms with Gasteiger partial charge in [0.05, 0.1) is 23.3 Å². The van der Waals surface area contributed by atoms with Gasteiger partial charge in [-0.25, -0.2) is 4.98 Å². The van der Waals surface area contributed by atoms with Crippen LogP contribution in [0.1, 0.15) is 11.5 Å². The van der Waals surface area contributed by atoms with E-state index in [0.717, 1.165) is 4.57 Å². The summed E-state index contributed by atoms with van der Waals surface area (Å²) in [6.45, 7) is -0.444. The van der Waals surface area contributed by atoms with Gasteiger partial charge in [0.2, 0.25) is 11.7 Å². The molecule has 0 saturated carbocycles. The summed E-state index contributed by atoms with van der Waals surface area (Å²) in [5.74, 6) is -1.66. The molecule has 1 amide bonds. The molecule has 2 aromatic carbocycles. The number of para-hydroxylation sites is 2. The number of aromatic nitrogens is 3. The largest absolute Gasteiger partial charge is 0.449 e. The minimum atomic E-state index is -4.70. The average molecular weight is 445 g/mol. The zero-order valence-corrected chi connectivity index (χ0v) is 16.8. The fourth-order valence-electron chi connectivity index (χ4n) is 3.27. The number of amides is 1. The molecule has 0 N–H and O–H groups in total. The highest BCUT2D eigenvalue weighted by atomic mass is 35.5. The van der Waals surface area contributed by atoms with Gasteiger partial charge in [-0.05, 0) is 48.5 Å². The Labute approximate surface area is 180 Å². The number of fused-ring (bicyclic) bond motifs is 1. The third-order valence-electron chi connectivity index (χ3n) is 4.69. The lowest BCUT2D eigenvalue weighted by Crippen LogP contribution is -2.34. The molecule has 4 aromatic rings. The van der Waals surface area contributed by atoms with E-state index in [1.54, 1.807) is 60.8 Å². The van der Waals surface area contributed by atoms with Crippen LogP contribution >= 0.6 is 11.6 Å². The van der Waals surface area contributed by atoms with Crippen LogP contribution in [0, 0.1) is 0 Å². The minimum absolute atomic E-state index is 0.0925. The minimum Gasteiger partial charge on any atom is -0.311 e. The molecule has 31 heavy (non-hydrogen) atoms. The lowest BCUT2D eigenvalue weighted by Gasteiger charge is -2.24. The smallest absolute Gasteiger partial charge is 0.311 e. The average Bonchev–Trinajstić information content (AvgIpc) is 3.12. The second-order valence-corrected chi connectivity index (χ2v) is 7.22. The van der Waals surface area contributed by atoms with Crippen LogP contribution in [0.5, 0.6) is 0 Å². The molecule has 0 atom stereocenters. The highest BCUT2D eigenvalue weighted by molar-refractivity contribution is 6.30. The Morgan fingerprint density at radius 2 is 1.71 bits per heavy atom. The Morgan fingerprint density at radius 1 is 1.00 bits per heavy atom. The molecule has 5 nitrogen and oxygen atoms in total. The van der Waals surface area contributed by atoms with E-state index >= 15 is 0 Å². The van der Waals surface area contributed by atoms with E-state index < -0.39 is 24.5 Å². The van der Waals surface area contributed by atoms with Crippen LogP contribution in [-0.2, 0) is 24.1 Å². The first kappa shape index (κ1) is 20.9. The van der Waals surface area contributed by atoms with E-state index in [-0.39, 0.29) is 17.6 Å². The third kappa shape index (κ3) is 4.54. The first-order valence-corrected chi connectivity index (χ1v) is 9.69. The Hall–Kier alpha value is -3.39. The summed E-state index contributed by atoms with van der Waals surface area (Å²) in [5.41, 5.74) is 1.50. The quantitative estimate of drug-likeness (QED) is 0.417. The lowest BCUT2D eigenvalue weighted by atomic mass is 10.2. The van der Waals surface area contributed by atoms with E-state index in [0.29, 0.717) is 16.4 Å². The second-order valence-electron chi connectivity index (χ2n) is 6.79. The monoisotopic (exact) mass is 444 g/mol. The summed E-state index contributed by atoms with van der Waals surface area (Å²) in [6.07, 6.45) is -3.11. The maximum Gasteiger partial charge on any atom is 0.449 e. The van der Waals surface area contributed by atoms with E-state index in [2.05, 4.69) is 9.97 Å². The Bertz CT molecular complexity index is 1210. The number of hydrogen-bond acceptors (Lipinski definition) is 3. The molecule has 0 aliphatic heterocycles.